The quantitative estimate of drug-likeness (QED) is 0.848. The molecule has 0 bridgehead atoms. The van der Waals surface area contributed by atoms with E-state index in [1.54, 1.807) is 6.92 Å². The highest BCUT2D eigenvalue weighted by atomic mass is 16.5. The number of benzene rings is 2. The van der Waals surface area contributed by atoms with E-state index in [0.29, 0.717) is 12.5 Å². The third-order valence-electron chi connectivity index (χ3n) is 4.18. The zero-order chi connectivity index (χ0) is 17.7. The van der Waals surface area contributed by atoms with Crippen molar-refractivity contribution < 1.29 is 9.53 Å². The number of hydrogen-bond donors (Lipinski definition) is 1. The van der Waals surface area contributed by atoms with Gasteiger partial charge in [-0.15, -0.1) is 0 Å². The standard InChI is InChI=1S/C21H27NO2/c1-14(2)19-11-10-15(3)12-20(19)24-17(5)21(23)22-13-18-9-7-6-8-16(18)4/h6-12,14,17H,13H2,1-5H3,(H,22,23). The molecule has 0 aliphatic carbocycles. The lowest BCUT2D eigenvalue weighted by Crippen LogP contribution is -2.36. The van der Waals surface area contributed by atoms with Gasteiger partial charge in [0.2, 0.25) is 0 Å². The number of carbonyl (C=O) groups excluding carboxylic acids is 1. The van der Waals surface area contributed by atoms with Crippen LogP contribution in [0.1, 0.15) is 48.9 Å². The van der Waals surface area contributed by atoms with Gasteiger partial charge in [0.15, 0.2) is 6.10 Å². The van der Waals surface area contributed by atoms with E-state index in [0.717, 1.165) is 22.4 Å². The first-order valence-corrected chi connectivity index (χ1v) is 8.48. The van der Waals surface area contributed by atoms with Crippen molar-refractivity contribution in [2.24, 2.45) is 0 Å². The maximum absolute atomic E-state index is 12.4. The summed E-state index contributed by atoms with van der Waals surface area (Å²) < 4.78 is 5.96. The Hall–Kier alpha value is -2.29. The first-order valence-electron chi connectivity index (χ1n) is 8.48. The molecule has 0 aliphatic heterocycles. The Morgan fingerprint density at radius 1 is 1.08 bits per heavy atom. The van der Waals surface area contributed by atoms with Gasteiger partial charge in [0, 0.05) is 6.54 Å². The van der Waals surface area contributed by atoms with Crippen LogP contribution in [-0.2, 0) is 11.3 Å². The van der Waals surface area contributed by atoms with Gasteiger partial charge in [0.25, 0.3) is 5.91 Å². The third kappa shape index (κ3) is 4.60. The zero-order valence-corrected chi connectivity index (χ0v) is 15.2. The maximum Gasteiger partial charge on any atom is 0.261 e. The molecule has 0 saturated carbocycles. The van der Waals surface area contributed by atoms with Gasteiger partial charge in [-0.1, -0.05) is 50.2 Å². The second kappa shape index (κ2) is 8.00. The van der Waals surface area contributed by atoms with E-state index in [1.807, 2.05) is 44.2 Å². The van der Waals surface area contributed by atoms with Crippen molar-refractivity contribution in [3.63, 3.8) is 0 Å². The number of rotatable bonds is 6. The van der Waals surface area contributed by atoms with Gasteiger partial charge in [0.05, 0.1) is 0 Å². The van der Waals surface area contributed by atoms with Crippen LogP contribution in [0.25, 0.3) is 0 Å². The minimum Gasteiger partial charge on any atom is -0.481 e. The summed E-state index contributed by atoms with van der Waals surface area (Å²) >= 11 is 0. The van der Waals surface area contributed by atoms with E-state index in [1.165, 1.54) is 5.56 Å². The first kappa shape index (κ1) is 18.1. The molecule has 1 unspecified atom stereocenters. The second-order valence-corrected chi connectivity index (χ2v) is 6.60. The molecule has 3 nitrogen and oxygen atoms in total. The third-order valence-corrected chi connectivity index (χ3v) is 4.18. The number of amides is 1. The van der Waals surface area contributed by atoms with Crippen molar-refractivity contribution in [3.05, 3.63) is 64.7 Å². The lowest BCUT2D eigenvalue weighted by molar-refractivity contribution is -0.127. The van der Waals surface area contributed by atoms with Crippen molar-refractivity contribution in [3.8, 4) is 5.75 Å². The van der Waals surface area contributed by atoms with E-state index in [4.69, 9.17) is 4.74 Å². The van der Waals surface area contributed by atoms with Crippen LogP contribution in [-0.4, -0.2) is 12.0 Å². The lowest BCUT2D eigenvalue weighted by Gasteiger charge is -2.19. The number of aryl methyl sites for hydroxylation is 2. The molecule has 2 aromatic carbocycles. The van der Waals surface area contributed by atoms with E-state index in [9.17, 15) is 4.79 Å². The smallest absolute Gasteiger partial charge is 0.261 e. The molecule has 24 heavy (non-hydrogen) atoms. The molecule has 0 aliphatic rings. The summed E-state index contributed by atoms with van der Waals surface area (Å²) in [5, 5.41) is 2.96. The van der Waals surface area contributed by atoms with E-state index in [2.05, 4.69) is 31.3 Å². The minimum atomic E-state index is -0.534. The van der Waals surface area contributed by atoms with Gasteiger partial charge < -0.3 is 10.1 Å². The van der Waals surface area contributed by atoms with Gasteiger partial charge in [-0.25, -0.2) is 0 Å². The van der Waals surface area contributed by atoms with Crippen LogP contribution < -0.4 is 10.1 Å². The Balaban J connectivity index is 2.02. The molecular weight excluding hydrogens is 298 g/mol. The van der Waals surface area contributed by atoms with Crippen LogP contribution in [0.2, 0.25) is 0 Å². The summed E-state index contributed by atoms with van der Waals surface area (Å²) in [4.78, 5) is 12.4. The molecule has 0 saturated heterocycles. The molecule has 0 fully saturated rings. The second-order valence-electron chi connectivity index (χ2n) is 6.60. The van der Waals surface area contributed by atoms with Crippen LogP contribution in [0.15, 0.2) is 42.5 Å². The van der Waals surface area contributed by atoms with Crippen LogP contribution in [0.4, 0.5) is 0 Å². The molecule has 2 aromatic rings. The zero-order valence-electron chi connectivity index (χ0n) is 15.2. The summed E-state index contributed by atoms with van der Waals surface area (Å²) in [5.41, 5.74) is 4.55. The number of ether oxygens (including phenoxy) is 1. The molecule has 1 N–H and O–H groups in total. The van der Waals surface area contributed by atoms with Crippen molar-refractivity contribution in [2.75, 3.05) is 0 Å². The van der Waals surface area contributed by atoms with Gasteiger partial charge >= 0.3 is 0 Å². The monoisotopic (exact) mass is 325 g/mol. The molecule has 0 spiro atoms. The highest BCUT2D eigenvalue weighted by molar-refractivity contribution is 5.80. The molecule has 1 atom stereocenters. The van der Waals surface area contributed by atoms with Crippen LogP contribution >= 0.6 is 0 Å². The van der Waals surface area contributed by atoms with Gasteiger partial charge in [-0.3, -0.25) is 4.79 Å². The molecule has 0 heterocycles. The predicted octanol–water partition coefficient (Wildman–Crippen LogP) is 4.51. The van der Waals surface area contributed by atoms with Crippen LogP contribution in [0.5, 0.6) is 5.75 Å². The van der Waals surface area contributed by atoms with Crippen molar-refractivity contribution in [2.45, 2.75) is 53.2 Å². The highest BCUT2D eigenvalue weighted by Crippen LogP contribution is 2.28. The first-order chi connectivity index (χ1) is 11.4. The van der Waals surface area contributed by atoms with Gasteiger partial charge in [-0.05, 0) is 55.0 Å². The summed E-state index contributed by atoms with van der Waals surface area (Å²) in [7, 11) is 0. The average molecular weight is 325 g/mol. The highest BCUT2D eigenvalue weighted by Gasteiger charge is 2.17. The summed E-state index contributed by atoms with van der Waals surface area (Å²) in [6.45, 7) is 10.6. The van der Waals surface area contributed by atoms with Crippen molar-refractivity contribution in [1.29, 1.82) is 0 Å². The number of nitrogens with one attached hydrogen (secondary N) is 1. The molecule has 0 radical (unpaired) electrons. The molecule has 1 amide bonds. The maximum atomic E-state index is 12.4. The number of hydrogen-bond acceptors (Lipinski definition) is 2. The van der Waals surface area contributed by atoms with E-state index < -0.39 is 6.10 Å². The SMILES string of the molecule is Cc1ccc(C(C)C)c(OC(C)C(=O)NCc2ccccc2C)c1. The summed E-state index contributed by atoms with van der Waals surface area (Å²) in [6.07, 6.45) is -0.534. The Morgan fingerprint density at radius 3 is 2.46 bits per heavy atom. The fourth-order valence-corrected chi connectivity index (χ4v) is 2.60. The average Bonchev–Trinajstić information content (AvgIpc) is 2.53. The predicted molar refractivity (Wildman–Crippen MR) is 98.4 cm³/mol. The molecule has 128 valence electrons. The Morgan fingerprint density at radius 2 is 1.79 bits per heavy atom. The summed E-state index contributed by atoms with van der Waals surface area (Å²) in [6, 6.07) is 14.2. The lowest BCUT2D eigenvalue weighted by atomic mass is 10.0. The molecule has 0 aromatic heterocycles. The Labute approximate surface area is 145 Å². The van der Waals surface area contributed by atoms with Gasteiger partial charge in [0.1, 0.15) is 5.75 Å². The largest absolute Gasteiger partial charge is 0.481 e. The topological polar surface area (TPSA) is 38.3 Å². The van der Waals surface area contributed by atoms with E-state index >= 15 is 0 Å². The fraction of sp³-hybridized carbons (Fsp3) is 0.381. The molecule has 2 rings (SSSR count). The van der Waals surface area contributed by atoms with Crippen molar-refractivity contribution in [1.82, 2.24) is 5.32 Å². The Kier molecular flexibility index (Phi) is 6.02. The Bertz CT molecular complexity index is 707. The molecular formula is C21H27NO2. The van der Waals surface area contributed by atoms with Crippen LogP contribution in [0, 0.1) is 13.8 Å². The summed E-state index contributed by atoms with van der Waals surface area (Å²) in [5.74, 6) is 1.04. The van der Waals surface area contributed by atoms with Crippen LogP contribution in [0.3, 0.4) is 0 Å². The van der Waals surface area contributed by atoms with Gasteiger partial charge in [-0.2, -0.15) is 0 Å². The fourth-order valence-electron chi connectivity index (χ4n) is 2.60. The van der Waals surface area contributed by atoms with E-state index in [-0.39, 0.29) is 5.91 Å². The molecule has 3 heteroatoms. The minimum absolute atomic E-state index is 0.102. The normalized spacial score (nSPS) is 12.1. The van der Waals surface area contributed by atoms with Crippen molar-refractivity contribution >= 4 is 5.91 Å². The number of carbonyl (C=O) groups is 1.